The van der Waals surface area contributed by atoms with Crippen molar-refractivity contribution >= 4 is 22.4 Å². The molecule has 142 valence electrons. The summed E-state index contributed by atoms with van der Waals surface area (Å²) in [6.07, 6.45) is 2.15. The van der Waals surface area contributed by atoms with Crippen LogP contribution in [-0.2, 0) is 4.74 Å². The second-order valence-corrected chi connectivity index (χ2v) is 6.75. The van der Waals surface area contributed by atoms with Gasteiger partial charge in [0.2, 0.25) is 0 Å². The molecule has 27 heavy (non-hydrogen) atoms. The van der Waals surface area contributed by atoms with Crippen molar-refractivity contribution in [2.45, 2.75) is 19.8 Å². The molecule has 1 heterocycles. The van der Waals surface area contributed by atoms with E-state index in [1.807, 2.05) is 24.3 Å². The van der Waals surface area contributed by atoms with Gasteiger partial charge in [0, 0.05) is 42.5 Å². The molecular weight excluding hydrogens is 341 g/mol. The van der Waals surface area contributed by atoms with E-state index in [0.717, 1.165) is 42.6 Å². The molecule has 0 bridgehead atoms. The summed E-state index contributed by atoms with van der Waals surface area (Å²) in [6, 6.07) is 14.5. The Morgan fingerprint density at radius 3 is 2.70 bits per heavy atom. The second-order valence-electron chi connectivity index (χ2n) is 6.75. The number of benzene rings is 2. The fraction of sp³-hybridized carbons (Fsp3) is 0.318. The van der Waals surface area contributed by atoms with E-state index in [9.17, 15) is 4.39 Å². The molecule has 0 saturated carbocycles. The fourth-order valence-electron chi connectivity index (χ4n) is 3.25. The zero-order valence-corrected chi connectivity index (χ0v) is 15.8. The van der Waals surface area contributed by atoms with Gasteiger partial charge in [-0.3, -0.25) is 0 Å². The summed E-state index contributed by atoms with van der Waals surface area (Å²) in [4.78, 5) is 4.49. The van der Waals surface area contributed by atoms with Crippen LogP contribution in [0.2, 0.25) is 0 Å². The molecule has 1 atom stereocenters. The van der Waals surface area contributed by atoms with Gasteiger partial charge in [0.25, 0.3) is 0 Å². The van der Waals surface area contributed by atoms with E-state index in [-0.39, 0.29) is 5.82 Å². The minimum atomic E-state index is -0.301. The van der Waals surface area contributed by atoms with Crippen LogP contribution >= 0.6 is 0 Å². The van der Waals surface area contributed by atoms with Crippen molar-refractivity contribution in [1.29, 1.82) is 0 Å². The molecule has 0 aliphatic carbocycles. The number of fused-ring (bicyclic) bond motifs is 1. The van der Waals surface area contributed by atoms with Crippen molar-refractivity contribution < 1.29 is 9.13 Å². The largest absolute Gasteiger partial charge is 0.385 e. The van der Waals surface area contributed by atoms with Crippen LogP contribution in [0.25, 0.3) is 22.0 Å². The van der Waals surface area contributed by atoms with Crippen LogP contribution in [0.15, 0.2) is 48.5 Å². The number of pyridine rings is 1. The number of nitrogens with one attached hydrogen (secondary N) is 1. The maximum atomic E-state index is 14.1. The first-order valence-electron chi connectivity index (χ1n) is 9.30. The first kappa shape index (κ1) is 19.1. The monoisotopic (exact) mass is 367 g/mol. The van der Waals surface area contributed by atoms with Gasteiger partial charge in [-0.05, 0) is 36.6 Å². The Kier molecular flexibility index (Phi) is 6.24. The Balaban J connectivity index is 1.79. The SMILES string of the molecule is CCC(CCNc1ccc2cc(-c3ccccc3F)c(N)nc2c1)COC. The highest BCUT2D eigenvalue weighted by molar-refractivity contribution is 5.90. The Morgan fingerprint density at radius 2 is 1.96 bits per heavy atom. The first-order chi connectivity index (χ1) is 13.1. The van der Waals surface area contributed by atoms with E-state index in [1.54, 1.807) is 25.3 Å². The highest BCUT2D eigenvalue weighted by Gasteiger charge is 2.11. The number of anilines is 2. The number of hydrogen-bond donors (Lipinski definition) is 2. The third kappa shape index (κ3) is 4.55. The molecule has 0 aliphatic rings. The third-order valence-corrected chi connectivity index (χ3v) is 4.87. The lowest BCUT2D eigenvalue weighted by Crippen LogP contribution is -2.13. The number of hydrogen-bond acceptors (Lipinski definition) is 4. The summed E-state index contributed by atoms with van der Waals surface area (Å²) in [5, 5.41) is 4.37. The lowest BCUT2D eigenvalue weighted by Gasteiger charge is -2.15. The smallest absolute Gasteiger partial charge is 0.132 e. The molecule has 0 spiro atoms. The molecule has 1 unspecified atom stereocenters. The van der Waals surface area contributed by atoms with Crippen LogP contribution in [0.4, 0.5) is 15.9 Å². The normalized spacial score (nSPS) is 12.3. The first-order valence-corrected chi connectivity index (χ1v) is 9.30. The van der Waals surface area contributed by atoms with Gasteiger partial charge in [0.05, 0.1) is 5.52 Å². The number of ether oxygens (including phenoxy) is 1. The molecule has 0 aliphatic heterocycles. The van der Waals surface area contributed by atoms with Gasteiger partial charge in [-0.1, -0.05) is 37.6 Å². The summed E-state index contributed by atoms with van der Waals surface area (Å²) in [7, 11) is 1.74. The molecule has 3 aromatic rings. The average molecular weight is 367 g/mol. The van der Waals surface area contributed by atoms with Gasteiger partial charge in [0.15, 0.2) is 0 Å². The van der Waals surface area contributed by atoms with Gasteiger partial charge in [-0.25, -0.2) is 9.37 Å². The Morgan fingerprint density at radius 1 is 1.15 bits per heavy atom. The van der Waals surface area contributed by atoms with E-state index in [2.05, 4.69) is 17.2 Å². The number of nitrogen functional groups attached to an aromatic ring is 1. The summed E-state index contributed by atoms with van der Waals surface area (Å²) in [6.45, 7) is 3.84. The highest BCUT2D eigenvalue weighted by atomic mass is 19.1. The lowest BCUT2D eigenvalue weighted by molar-refractivity contribution is 0.147. The van der Waals surface area contributed by atoms with Crippen molar-refractivity contribution in [2.24, 2.45) is 5.92 Å². The molecule has 0 saturated heterocycles. The summed E-state index contributed by atoms with van der Waals surface area (Å²) in [5.41, 5.74) is 9.00. The zero-order valence-electron chi connectivity index (χ0n) is 15.8. The van der Waals surface area contributed by atoms with E-state index >= 15 is 0 Å². The van der Waals surface area contributed by atoms with E-state index < -0.39 is 0 Å². The minimum absolute atomic E-state index is 0.301. The van der Waals surface area contributed by atoms with Gasteiger partial charge < -0.3 is 15.8 Å². The lowest BCUT2D eigenvalue weighted by atomic mass is 10.0. The van der Waals surface area contributed by atoms with Gasteiger partial charge in [-0.15, -0.1) is 0 Å². The van der Waals surface area contributed by atoms with Crippen LogP contribution < -0.4 is 11.1 Å². The van der Waals surface area contributed by atoms with Gasteiger partial charge in [-0.2, -0.15) is 0 Å². The summed E-state index contributed by atoms with van der Waals surface area (Å²) >= 11 is 0. The van der Waals surface area contributed by atoms with Gasteiger partial charge in [0.1, 0.15) is 11.6 Å². The number of halogens is 1. The van der Waals surface area contributed by atoms with Crippen LogP contribution in [0, 0.1) is 11.7 Å². The minimum Gasteiger partial charge on any atom is -0.385 e. The molecular formula is C22H26FN3O. The molecule has 2 aromatic carbocycles. The number of rotatable bonds is 8. The number of methoxy groups -OCH3 is 1. The molecule has 0 amide bonds. The predicted molar refractivity (Wildman–Crippen MR) is 110 cm³/mol. The van der Waals surface area contributed by atoms with Crippen LogP contribution in [0.3, 0.4) is 0 Å². The highest BCUT2D eigenvalue weighted by Crippen LogP contribution is 2.31. The van der Waals surface area contributed by atoms with Crippen molar-refractivity contribution in [1.82, 2.24) is 4.98 Å². The van der Waals surface area contributed by atoms with Crippen molar-refractivity contribution in [2.75, 3.05) is 31.3 Å². The Hall–Kier alpha value is -2.66. The predicted octanol–water partition coefficient (Wildman–Crippen LogP) is 5.10. The maximum Gasteiger partial charge on any atom is 0.132 e. The van der Waals surface area contributed by atoms with E-state index in [1.165, 1.54) is 6.07 Å². The number of nitrogens with two attached hydrogens (primary N) is 1. The van der Waals surface area contributed by atoms with Crippen molar-refractivity contribution in [3.8, 4) is 11.1 Å². The summed E-state index contributed by atoms with van der Waals surface area (Å²) in [5.74, 6) is 0.584. The standard InChI is InChI=1S/C22H26FN3O/c1-3-15(14-27-2)10-11-25-17-9-8-16-12-19(22(24)26-21(16)13-17)18-6-4-5-7-20(18)23/h4-9,12-13,15,25H,3,10-11,14H2,1-2H3,(H2,24,26). The van der Waals surface area contributed by atoms with Crippen LogP contribution in [0.5, 0.6) is 0 Å². The molecule has 4 nitrogen and oxygen atoms in total. The van der Waals surface area contributed by atoms with E-state index in [4.69, 9.17) is 10.5 Å². The molecule has 5 heteroatoms. The van der Waals surface area contributed by atoms with Crippen molar-refractivity contribution in [3.63, 3.8) is 0 Å². The van der Waals surface area contributed by atoms with Crippen LogP contribution in [-0.4, -0.2) is 25.2 Å². The topological polar surface area (TPSA) is 60.2 Å². The van der Waals surface area contributed by atoms with Crippen LogP contribution in [0.1, 0.15) is 19.8 Å². The Bertz CT molecular complexity index is 913. The number of aromatic nitrogens is 1. The molecule has 3 N–H and O–H groups in total. The average Bonchev–Trinajstić information content (AvgIpc) is 2.67. The summed E-state index contributed by atoms with van der Waals surface area (Å²) < 4.78 is 19.4. The fourth-order valence-corrected chi connectivity index (χ4v) is 3.25. The quantitative estimate of drug-likeness (QED) is 0.582. The van der Waals surface area contributed by atoms with Gasteiger partial charge >= 0.3 is 0 Å². The maximum absolute atomic E-state index is 14.1. The molecule has 0 radical (unpaired) electrons. The number of nitrogens with zero attached hydrogens (tertiary/aromatic N) is 1. The second kappa shape index (κ2) is 8.82. The Labute approximate surface area is 159 Å². The molecule has 0 fully saturated rings. The van der Waals surface area contributed by atoms with Crippen molar-refractivity contribution in [3.05, 3.63) is 54.3 Å². The third-order valence-electron chi connectivity index (χ3n) is 4.87. The molecule has 1 aromatic heterocycles. The molecule has 3 rings (SSSR count). The van der Waals surface area contributed by atoms with E-state index in [0.29, 0.717) is 22.9 Å². The zero-order chi connectivity index (χ0) is 19.2.